The van der Waals surface area contributed by atoms with E-state index in [2.05, 4.69) is 10.2 Å². The van der Waals surface area contributed by atoms with Gasteiger partial charge in [0.15, 0.2) is 5.82 Å². The summed E-state index contributed by atoms with van der Waals surface area (Å²) in [5, 5.41) is 7.85. The minimum absolute atomic E-state index is 0.260. The standard InChI is InChI=1S/C16H15F3N4O/c17-16(18,19)13-5-3-12(4-6-13)15(24)23-10-8-22(9-11-23)14-2-1-7-20-21-14/h1-7H,8-11H2. The van der Waals surface area contributed by atoms with Crippen molar-refractivity contribution in [3.8, 4) is 0 Å². The number of benzene rings is 1. The molecule has 0 radical (unpaired) electrons. The maximum absolute atomic E-state index is 12.6. The number of piperazine rings is 1. The van der Waals surface area contributed by atoms with Crippen LogP contribution >= 0.6 is 0 Å². The third kappa shape index (κ3) is 3.47. The summed E-state index contributed by atoms with van der Waals surface area (Å²) in [5.41, 5.74) is -0.498. The molecule has 1 aromatic heterocycles. The summed E-state index contributed by atoms with van der Waals surface area (Å²) in [5.74, 6) is 0.488. The number of halogens is 3. The number of nitrogens with zero attached hydrogens (tertiary/aromatic N) is 4. The molecule has 0 bridgehead atoms. The summed E-state index contributed by atoms with van der Waals surface area (Å²) in [6, 6.07) is 7.95. The van der Waals surface area contributed by atoms with Gasteiger partial charge in [0.2, 0.25) is 0 Å². The molecule has 0 aliphatic carbocycles. The Hall–Kier alpha value is -2.64. The maximum Gasteiger partial charge on any atom is 0.416 e. The largest absolute Gasteiger partial charge is 0.416 e. The first-order valence-electron chi connectivity index (χ1n) is 7.44. The molecule has 3 rings (SSSR count). The third-order valence-electron chi connectivity index (χ3n) is 3.91. The van der Waals surface area contributed by atoms with E-state index in [-0.39, 0.29) is 11.5 Å². The Bertz CT molecular complexity index is 696. The molecule has 0 N–H and O–H groups in total. The summed E-state index contributed by atoms with van der Waals surface area (Å²) in [6.45, 7) is 2.17. The fourth-order valence-electron chi connectivity index (χ4n) is 2.59. The molecule has 0 saturated carbocycles. The van der Waals surface area contributed by atoms with E-state index in [1.165, 1.54) is 12.1 Å². The van der Waals surface area contributed by atoms with Gasteiger partial charge in [-0.1, -0.05) is 0 Å². The molecule has 1 aliphatic rings. The zero-order valence-electron chi connectivity index (χ0n) is 12.7. The summed E-state index contributed by atoms with van der Waals surface area (Å²) >= 11 is 0. The number of amides is 1. The van der Waals surface area contributed by atoms with Crippen LogP contribution in [0.5, 0.6) is 0 Å². The molecule has 0 atom stereocenters. The lowest BCUT2D eigenvalue weighted by atomic mass is 10.1. The molecule has 8 heteroatoms. The average molecular weight is 336 g/mol. The van der Waals surface area contributed by atoms with Gasteiger partial charge in [0.25, 0.3) is 5.91 Å². The average Bonchev–Trinajstić information content (AvgIpc) is 2.61. The summed E-state index contributed by atoms with van der Waals surface area (Å²) in [4.78, 5) is 16.1. The number of anilines is 1. The van der Waals surface area contributed by atoms with Crippen LogP contribution in [0.15, 0.2) is 42.6 Å². The Morgan fingerprint density at radius 1 is 1.00 bits per heavy atom. The Morgan fingerprint density at radius 2 is 1.67 bits per heavy atom. The highest BCUT2D eigenvalue weighted by molar-refractivity contribution is 5.94. The molecule has 1 saturated heterocycles. The Kier molecular flexibility index (Phi) is 4.37. The van der Waals surface area contributed by atoms with E-state index in [1.807, 2.05) is 11.0 Å². The molecule has 0 unspecified atom stereocenters. The van der Waals surface area contributed by atoms with E-state index in [0.29, 0.717) is 26.2 Å². The zero-order chi connectivity index (χ0) is 17.2. The highest BCUT2D eigenvalue weighted by atomic mass is 19.4. The fraction of sp³-hybridized carbons (Fsp3) is 0.312. The van der Waals surface area contributed by atoms with E-state index < -0.39 is 11.7 Å². The molecular formula is C16H15F3N4O. The van der Waals surface area contributed by atoms with E-state index in [4.69, 9.17) is 0 Å². The van der Waals surface area contributed by atoms with Crippen LogP contribution < -0.4 is 4.90 Å². The van der Waals surface area contributed by atoms with Gasteiger partial charge in [-0.3, -0.25) is 4.79 Å². The number of hydrogen-bond acceptors (Lipinski definition) is 4. The quantitative estimate of drug-likeness (QED) is 0.845. The summed E-state index contributed by atoms with van der Waals surface area (Å²) in [6.07, 6.45) is -2.81. The molecule has 1 fully saturated rings. The maximum atomic E-state index is 12.6. The molecule has 2 heterocycles. The Labute approximate surface area is 136 Å². The number of alkyl halides is 3. The monoisotopic (exact) mass is 336 g/mol. The van der Waals surface area contributed by atoms with Gasteiger partial charge in [-0.15, -0.1) is 5.10 Å². The summed E-state index contributed by atoms with van der Waals surface area (Å²) < 4.78 is 37.7. The first kappa shape index (κ1) is 16.2. The molecule has 2 aromatic rings. The van der Waals surface area contributed by atoms with Crippen molar-refractivity contribution in [3.05, 3.63) is 53.7 Å². The topological polar surface area (TPSA) is 49.3 Å². The molecule has 5 nitrogen and oxygen atoms in total. The minimum Gasteiger partial charge on any atom is -0.352 e. The van der Waals surface area contributed by atoms with E-state index in [1.54, 1.807) is 17.2 Å². The van der Waals surface area contributed by atoms with Crippen LogP contribution in [0.2, 0.25) is 0 Å². The van der Waals surface area contributed by atoms with Crippen LogP contribution in [0.25, 0.3) is 0 Å². The summed E-state index contributed by atoms with van der Waals surface area (Å²) in [7, 11) is 0. The van der Waals surface area contributed by atoms with E-state index >= 15 is 0 Å². The molecule has 24 heavy (non-hydrogen) atoms. The molecule has 1 amide bonds. The van der Waals surface area contributed by atoms with Crippen LogP contribution in [-0.2, 0) is 6.18 Å². The second-order valence-electron chi connectivity index (χ2n) is 5.44. The van der Waals surface area contributed by atoms with Gasteiger partial charge in [0.1, 0.15) is 0 Å². The normalized spacial score (nSPS) is 15.5. The van der Waals surface area contributed by atoms with Gasteiger partial charge >= 0.3 is 6.18 Å². The lowest BCUT2D eigenvalue weighted by Crippen LogP contribution is -2.49. The number of rotatable bonds is 2. The molecule has 1 aromatic carbocycles. The zero-order valence-corrected chi connectivity index (χ0v) is 12.7. The highest BCUT2D eigenvalue weighted by Gasteiger charge is 2.30. The van der Waals surface area contributed by atoms with Crippen LogP contribution in [0.3, 0.4) is 0 Å². The van der Waals surface area contributed by atoms with Crippen molar-refractivity contribution < 1.29 is 18.0 Å². The van der Waals surface area contributed by atoms with Crippen LogP contribution in [0, 0.1) is 0 Å². The van der Waals surface area contributed by atoms with Crippen molar-refractivity contribution in [1.29, 1.82) is 0 Å². The fourth-order valence-corrected chi connectivity index (χ4v) is 2.59. The molecule has 0 spiro atoms. The SMILES string of the molecule is O=C(c1ccc(C(F)(F)F)cc1)N1CCN(c2cccnn2)CC1. The Morgan fingerprint density at radius 3 is 2.21 bits per heavy atom. The highest BCUT2D eigenvalue weighted by Crippen LogP contribution is 2.29. The van der Waals surface area contributed by atoms with Gasteiger partial charge in [-0.05, 0) is 36.4 Å². The molecule has 1 aliphatic heterocycles. The number of hydrogen-bond donors (Lipinski definition) is 0. The van der Waals surface area contributed by atoms with Crippen molar-refractivity contribution in [2.45, 2.75) is 6.18 Å². The second-order valence-corrected chi connectivity index (χ2v) is 5.44. The molecular weight excluding hydrogens is 321 g/mol. The molecule has 126 valence electrons. The first-order chi connectivity index (χ1) is 11.4. The van der Waals surface area contributed by atoms with Crippen molar-refractivity contribution in [3.63, 3.8) is 0 Å². The van der Waals surface area contributed by atoms with Gasteiger partial charge < -0.3 is 9.80 Å². The van der Waals surface area contributed by atoms with Gasteiger partial charge in [-0.25, -0.2) is 0 Å². The lowest BCUT2D eigenvalue weighted by molar-refractivity contribution is -0.137. The number of carbonyl (C=O) groups is 1. The van der Waals surface area contributed by atoms with Crippen molar-refractivity contribution in [1.82, 2.24) is 15.1 Å². The van der Waals surface area contributed by atoms with Crippen LogP contribution in [0.4, 0.5) is 19.0 Å². The predicted octanol–water partition coefficient (Wildman–Crippen LogP) is 2.46. The van der Waals surface area contributed by atoms with Crippen LogP contribution in [0.1, 0.15) is 15.9 Å². The minimum atomic E-state index is -4.40. The number of carbonyl (C=O) groups excluding carboxylic acids is 1. The van der Waals surface area contributed by atoms with E-state index in [0.717, 1.165) is 18.0 Å². The van der Waals surface area contributed by atoms with Crippen molar-refractivity contribution in [2.75, 3.05) is 31.1 Å². The van der Waals surface area contributed by atoms with Gasteiger partial charge in [0.05, 0.1) is 5.56 Å². The van der Waals surface area contributed by atoms with Gasteiger partial charge in [0, 0.05) is 37.9 Å². The van der Waals surface area contributed by atoms with Crippen molar-refractivity contribution >= 4 is 11.7 Å². The second kappa shape index (κ2) is 6.46. The first-order valence-corrected chi connectivity index (χ1v) is 7.44. The van der Waals surface area contributed by atoms with Crippen molar-refractivity contribution in [2.24, 2.45) is 0 Å². The Balaban J connectivity index is 1.63. The van der Waals surface area contributed by atoms with E-state index in [9.17, 15) is 18.0 Å². The van der Waals surface area contributed by atoms with Crippen LogP contribution in [-0.4, -0.2) is 47.2 Å². The lowest BCUT2D eigenvalue weighted by Gasteiger charge is -2.35. The number of aromatic nitrogens is 2. The third-order valence-corrected chi connectivity index (χ3v) is 3.91. The van der Waals surface area contributed by atoms with Gasteiger partial charge in [-0.2, -0.15) is 18.3 Å². The smallest absolute Gasteiger partial charge is 0.352 e. The predicted molar refractivity (Wildman–Crippen MR) is 81.6 cm³/mol.